The molecule has 5 nitrogen and oxygen atoms in total. The fourth-order valence-corrected chi connectivity index (χ4v) is 2.72. The third-order valence-electron chi connectivity index (χ3n) is 1.91. The van der Waals surface area contributed by atoms with Crippen LogP contribution in [0.4, 0.5) is 0 Å². The molecular formula is C9H13ClN4OS2. The van der Waals surface area contributed by atoms with Gasteiger partial charge in [-0.3, -0.25) is 4.79 Å². The maximum Gasteiger partial charge on any atom is 0.275 e. The van der Waals surface area contributed by atoms with Crippen molar-refractivity contribution in [2.24, 2.45) is 5.73 Å². The molecule has 2 aromatic rings. The van der Waals surface area contributed by atoms with Crippen LogP contribution in [0, 0.1) is 6.92 Å². The Labute approximate surface area is 113 Å². The van der Waals surface area contributed by atoms with E-state index in [1.54, 1.807) is 11.8 Å². The Morgan fingerprint density at radius 2 is 2.35 bits per heavy atom. The zero-order valence-electron chi connectivity index (χ0n) is 9.25. The lowest BCUT2D eigenvalue weighted by molar-refractivity contribution is 0.872. The molecule has 0 aliphatic carbocycles. The van der Waals surface area contributed by atoms with Crippen molar-refractivity contribution in [2.45, 2.75) is 12.7 Å². The molecule has 17 heavy (non-hydrogen) atoms. The predicted molar refractivity (Wildman–Crippen MR) is 74.3 cm³/mol. The summed E-state index contributed by atoms with van der Waals surface area (Å²) in [5, 5.41) is 4.93. The van der Waals surface area contributed by atoms with Crippen LogP contribution in [0.1, 0.15) is 10.7 Å². The summed E-state index contributed by atoms with van der Waals surface area (Å²) in [5.41, 5.74) is 6.09. The van der Waals surface area contributed by atoms with Crippen molar-refractivity contribution in [2.75, 3.05) is 12.3 Å². The molecule has 0 saturated carbocycles. The van der Waals surface area contributed by atoms with Gasteiger partial charge in [-0.1, -0.05) is 11.3 Å². The van der Waals surface area contributed by atoms with Gasteiger partial charge in [-0.25, -0.2) is 4.98 Å². The maximum absolute atomic E-state index is 11.7. The predicted octanol–water partition coefficient (Wildman–Crippen LogP) is 1.07. The van der Waals surface area contributed by atoms with Crippen LogP contribution in [-0.2, 0) is 5.75 Å². The van der Waals surface area contributed by atoms with Gasteiger partial charge in [0.15, 0.2) is 0 Å². The second-order valence-electron chi connectivity index (χ2n) is 3.24. The Hall–Kier alpha value is -0.630. The molecule has 0 atom stereocenters. The van der Waals surface area contributed by atoms with E-state index in [9.17, 15) is 4.79 Å². The summed E-state index contributed by atoms with van der Waals surface area (Å²) in [5.74, 6) is 1.60. The number of aryl methyl sites for hydroxylation is 1. The van der Waals surface area contributed by atoms with Crippen LogP contribution in [0.25, 0.3) is 4.96 Å². The number of fused-ring (bicyclic) bond motifs is 1. The second kappa shape index (κ2) is 6.34. The summed E-state index contributed by atoms with van der Waals surface area (Å²) in [6.45, 7) is 2.51. The average molecular weight is 293 g/mol. The summed E-state index contributed by atoms with van der Waals surface area (Å²) in [6, 6.07) is 1.54. The molecule has 2 heterocycles. The molecule has 0 fully saturated rings. The third-order valence-corrected chi connectivity index (χ3v) is 3.76. The van der Waals surface area contributed by atoms with Crippen LogP contribution in [0.15, 0.2) is 10.9 Å². The fraction of sp³-hybridized carbons (Fsp3) is 0.444. The molecular weight excluding hydrogens is 280 g/mol. The van der Waals surface area contributed by atoms with Gasteiger partial charge in [-0.05, 0) is 6.92 Å². The molecule has 0 spiro atoms. The fourth-order valence-electron chi connectivity index (χ4n) is 1.29. The summed E-state index contributed by atoms with van der Waals surface area (Å²) >= 11 is 3.11. The SMILES string of the molecule is Cc1nn2c(=O)cc(CSCCN)nc2s1.Cl. The summed E-state index contributed by atoms with van der Waals surface area (Å²) in [4.78, 5) is 16.7. The normalized spacial score (nSPS) is 10.5. The molecule has 2 N–H and O–H groups in total. The highest BCUT2D eigenvalue weighted by Gasteiger charge is 2.06. The van der Waals surface area contributed by atoms with E-state index in [0.29, 0.717) is 11.5 Å². The minimum absolute atomic E-state index is 0. The van der Waals surface area contributed by atoms with Gasteiger partial charge in [0.25, 0.3) is 5.56 Å². The second-order valence-corrected chi connectivity index (χ2v) is 5.51. The zero-order valence-corrected chi connectivity index (χ0v) is 11.7. The lowest BCUT2D eigenvalue weighted by Gasteiger charge is -1.99. The first kappa shape index (κ1) is 14.4. The molecule has 0 radical (unpaired) electrons. The first-order chi connectivity index (χ1) is 7.70. The van der Waals surface area contributed by atoms with E-state index in [1.165, 1.54) is 21.9 Å². The average Bonchev–Trinajstić information content (AvgIpc) is 2.60. The first-order valence-electron chi connectivity index (χ1n) is 4.85. The summed E-state index contributed by atoms with van der Waals surface area (Å²) in [6.07, 6.45) is 0. The van der Waals surface area contributed by atoms with Crippen molar-refractivity contribution in [1.82, 2.24) is 14.6 Å². The molecule has 0 bridgehead atoms. The Morgan fingerprint density at radius 3 is 3.06 bits per heavy atom. The van der Waals surface area contributed by atoms with Gasteiger partial charge in [0.1, 0.15) is 5.01 Å². The lowest BCUT2D eigenvalue weighted by atomic mass is 10.4. The summed E-state index contributed by atoms with van der Waals surface area (Å²) < 4.78 is 1.34. The largest absolute Gasteiger partial charge is 0.330 e. The Kier molecular flexibility index (Phi) is 5.38. The Morgan fingerprint density at radius 1 is 1.59 bits per heavy atom. The minimum Gasteiger partial charge on any atom is -0.330 e. The number of hydrogen-bond acceptors (Lipinski definition) is 6. The molecule has 8 heteroatoms. The number of hydrogen-bond donors (Lipinski definition) is 1. The van der Waals surface area contributed by atoms with E-state index in [2.05, 4.69) is 10.1 Å². The molecule has 0 aliphatic rings. The summed E-state index contributed by atoms with van der Waals surface area (Å²) in [7, 11) is 0. The highest BCUT2D eigenvalue weighted by Crippen LogP contribution is 2.12. The molecule has 2 aromatic heterocycles. The number of nitrogens with two attached hydrogens (primary N) is 1. The van der Waals surface area contributed by atoms with Crippen LogP contribution in [0.2, 0.25) is 0 Å². The standard InChI is InChI=1S/C9H12N4OS2.ClH/c1-6-12-13-8(14)4-7(5-15-3-2-10)11-9(13)16-6;/h4H,2-3,5,10H2,1H3;1H. The molecule has 2 rings (SSSR count). The van der Waals surface area contributed by atoms with E-state index in [4.69, 9.17) is 5.73 Å². The van der Waals surface area contributed by atoms with E-state index in [-0.39, 0.29) is 18.0 Å². The van der Waals surface area contributed by atoms with Crippen LogP contribution in [0.5, 0.6) is 0 Å². The first-order valence-corrected chi connectivity index (χ1v) is 6.82. The molecule has 0 saturated heterocycles. The van der Waals surface area contributed by atoms with Gasteiger partial charge in [-0.15, -0.1) is 12.4 Å². The van der Waals surface area contributed by atoms with Crippen molar-refractivity contribution in [3.8, 4) is 0 Å². The van der Waals surface area contributed by atoms with E-state index >= 15 is 0 Å². The van der Waals surface area contributed by atoms with Gasteiger partial charge in [0.05, 0.1) is 5.69 Å². The Bertz CT molecular complexity index is 553. The van der Waals surface area contributed by atoms with Crippen LogP contribution in [0.3, 0.4) is 0 Å². The monoisotopic (exact) mass is 292 g/mol. The topological polar surface area (TPSA) is 73.3 Å². The van der Waals surface area contributed by atoms with Crippen molar-refractivity contribution < 1.29 is 0 Å². The maximum atomic E-state index is 11.7. The highest BCUT2D eigenvalue weighted by atomic mass is 35.5. The number of thioether (sulfide) groups is 1. The third kappa shape index (κ3) is 3.41. The number of rotatable bonds is 4. The van der Waals surface area contributed by atoms with Crippen molar-refractivity contribution in [1.29, 1.82) is 0 Å². The molecule has 0 unspecified atom stereocenters. The van der Waals surface area contributed by atoms with E-state index in [0.717, 1.165) is 22.2 Å². The molecule has 0 aliphatic heterocycles. The van der Waals surface area contributed by atoms with Crippen molar-refractivity contribution in [3.05, 3.63) is 27.1 Å². The lowest BCUT2D eigenvalue weighted by Crippen LogP contribution is -2.15. The Balaban J connectivity index is 0.00000144. The van der Waals surface area contributed by atoms with Crippen LogP contribution >= 0.6 is 35.5 Å². The number of nitrogens with zero attached hydrogens (tertiary/aromatic N) is 3. The van der Waals surface area contributed by atoms with Gasteiger partial charge in [0, 0.05) is 24.1 Å². The number of aromatic nitrogens is 3. The van der Waals surface area contributed by atoms with E-state index in [1.807, 2.05) is 6.92 Å². The van der Waals surface area contributed by atoms with Crippen molar-refractivity contribution >= 4 is 40.5 Å². The van der Waals surface area contributed by atoms with Crippen LogP contribution < -0.4 is 11.3 Å². The van der Waals surface area contributed by atoms with Gasteiger partial charge in [0.2, 0.25) is 4.96 Å². The minimum atomic E-state index is -0.113. The van der Waals surface area contributed by atoms with Gasteiger partial charge >= 0.3 is 0 Å². The zero-order chi connectivity index (χ0) is 11.5. The molecule has 94 valence electrons. The molecule has 0 amide bonds. The quantitative estimate of drug-likeness (QED) is 0.854. The highest BCUT2D eigenvalue weighted by molar-refractivity contribution is 7.98. The molecule has 0 aromatic carbocycles. The van der Waals surface area contributed by atoms with Crippen molar-refractivity contribution in [3.63, 3.8) is 0 Å². The number of halogens is 1. The van der Waals surface area contributed by atoms with E-state index < -0.39 is 0 Å². The smallest absolute Gasteiger partial charge is 0.275 e. The van der Waals surface area contributed by atoms with Crippen LogP contribution in [-0.4, -0.2) is 26.9 Å². The van der Waals surface area contributed by atoms with Gasteiger partial charge < -0.3 is 5.73 Å². The van der Waals surface area contributed by atoms with Gasteiger partial charge in [-0.2, -0.15) is 21.4 Å².